The van der Waals surface area contributed by atoms with Gasteiger partial charge in [-0.2, -0.15) is 0 Å². The van der Waals surface area contributed by atoms with Crippen LogP contribution in [0.4, 0.5) is 0 Å². The molecule has 3 heteroatoms. The fourth-order valence-corrected chi connectivity index (χ4v) is 2.72. The summed E-state index contributed by atoms with van der Waals surface area (Å²) in [7, 11) is 2.19. The maximum atomic E-state index is 6.05. The third kappa shape index (κ3) is 18.3. The first-order chi connectivity index (χ1) is 13.1. The van der Waals surface area contributed by atoms with Crippen LogP contribution in [0.3, 0.4) is 0 Å². The van der Waals surface area contributed by atoms with E-state index in [2.05, 4.69) is 70.3 Å². The molecule has 2 N–H and O–H groups in total. The largest absolute Gasteiger partial charge is 0.387 e. The molecule has 0 aromatic rings. The number of nitrogens with two attached hydrogens (primary N) is 1. The lowest BCUT2D eigenvalue weighted by Crippen LogP contribution is -2.37. The number of hydrogen-bond donors (Lipinski definition) is 1. The summed E-state index contributed by atoms with van der Waals surface area (Å²) < 4.78 is 0. The van der Waals surface area contributed by atoms with Crippen LogP contribution in [-0.4, -0.2) is 37.4 Å². The third-order valence-corrected chi connectivity index (χ3v) is 4.40. The molecule has 1 rings (SSSR count). The van der Waals surface area contributed by atoms with Crippen molar-refractivity contribution in [3.63, 3.8) is 0 Å². The molecule has 0 saturated carbocycles. The van der Waals surface area contributed by atoms with Gasteiger partial charge in [-0.25, -0.2) is 0 Å². The Morgan fingerprint density at radius 3 is 2.25 bits per heavy atom. The van der Waals surface area contributed by atoms with Gasteiger partial charge in [-0.3, -0.25) is 4.99 Å². The molecule has 1 aliphatic rings. The minimum absolute atomic E-state index is 0.0969. The van der Waals surface area contributed by atoms with Crippen LogP contribution in [0, 0.1) is 10.8 Å². The van der Waals surface area contributed by atoms with Crippen molar-refractivity contribution >= 4 is 5.84 Å². The molecule has 0 spiro atoms. The molecule has 28 heavy (non-hydrogen) atoms. The van der Waals surface area contributed by atoms with Gasteiger partial charge >= 0.3 is 0 Å². The second kappa shape index (κ2) is 16.8. The van der Waals surface area contributed by atoms with Crippen molar-refractivity contribution < 1.29 is 0 Å². The molecule has 1 atom stereocenters. The lowest BCUT2D eigenvalue weighted by Gasteiger charge is -2.31. The van der Waals surface area contributed by atoms with Gasteiger partial charge in [-0.15, -0.1) is 6.58 Å². The summed E-state index contributed by atoms with van der Waals surface area (Å²) in [6.07, 6.45) is 14.7. The van der Waals surface area contributed by atoms with Gasteiger partial charge in [0.05, 0.1) is 5.84 Å². The Morgan fingerprint density at radius 1 is 1.11 bits per heavy atom. The minimum Gasteiger partial charge on any atom is -0.387 e. The summed E-state index contributed by atoms with van der Waals surface area (Å²) in [4.78, 5) is 6.78. The molecule has 0 aliphatic carbocycles. The van der Waals surface area contributed by atoms with E-state index < -0.39 is 0 Å². The lowest BCUT2D eigenvalue weighted by atomic mass is 9.79. The van der Waals surface area contributed by atoms with Gasteiger partial charge in [-0.1, -0.05) is 66.7 Å². The molecule has 0 aromatic heterocycles. The SMILES string of the molecule is C=CCCN(C)CCCC/C=C/CC1(C)CCCN=C1N.CC.CC(C)(C)C. The lowest BCUT2D eigenvalue weighted by molar-refractivity contribution is 0.332. The molecule has 1 aliphatic heterocycles. The van der Waals surface area contributed by atoms with E-state index in [1.165, 1.54) is 38.6 Å². The number of nitrogens with zero attached hydrogens (tertiary/aromatic N) is 2. The van der Waals surface area contributed by atoms with E-state index in [9.17, 15) is 0 Å². The van der Waals surface area contributed by atoms with Crippen molar-refractivity contribution in [1.29, 1.82) is 0 Å². The van der Waals surface area contributed by atoms with Crippen molar-refractivity contribution in [1.82, 2.24) is 4.90 Å². The van der Waals surface area contributed by atoms with E-state index in [0.717, 1.165) is 31.8 Å². The number of unbranched alkanes of at least 4 members (excludes halogenated alkanes) is 2. The van der Waals surface area contributed by atoms with Crippen LogP contribution in [0.1, 0.15) is 93.4 Å². The molecule has 0 fully saturated rings. The minimum atomic E-state index is 0.0969. The van der Waals surface area contributed by atoms with E-state index >= 15 is 0 Å². The number of allylic oxidation sites excluding steroid dienone is 2. The zero-order valence-electron chi connectivity index (χ0n) is 20.5. The Hall–Kier alpha value is -1.09. The third-order valence-electron chi connectivity index (χ3n) is 4.40. The zero-order valence-corrected chi connectivity index (χ0v) is 20.5. The van der Waals surface area contributed by atoms with Crippen LogP contribution in [-0.2, 0) is 0 Å². The average Bonchev–Trinajstić information content (AvgIpc) is 2.62. The Morgan fingerprint density at radius 2 is 1.71 bits per heavy atom. The van der Waals surface area contributed by atoms with Gasteiger partial charge in [0.15, 0.2) is 0 Å². The number of aliphatic imine (C=N–C) groups is 1. The summed E-state index contributed by atoms with van der Waals surface area (Å²) in [6.45, 7) is 22.0. The van der Waals surface area contributed by atoms with Crippen LogP contribution in [0.2, 0.25) is 0 Å². The Balaban J connectivity index is 0. The molecule has 166 valence electrons. The van der Waals surface area contributed by atoms with E-state index in [4.69, 9.17) is 5.73 Å². The Kier molecular flexibility index (Phi) is 17.5. The second-order valence-electron chi connectivity index (χ2n) is 9.48. The smallest absolute Gasteiger partial charge is 0.1000 e. The quantitative estimate of drug-likeness (QED) is 0.326. The highest BCUT2D eigenvalue weighted by atomic mass is 15.1. The van der Waals surface area contributed by atoms with Crippen LogP contribution < -0.4 is 5.73 Å². The highest BCUT2D eigenvalue weighted by molar-refractivity contribution is 5.86. The zero-order chi connectivity index (χ0) is 22.1. The normalized spacial score (nSPS) is 19.4. The first-order valence-electron chi connectivity index (χ1n) is 11.3. The maximum Gasteiger partial charge on any atom is 0.1000 e. The van der Waals surface area contributed by atoms with Crippen molar-refractivity contribution in [3.05, 3.63) is 24.8 Å². The van der Waals surface area contributed by atoms with Crippen LogP contribution >= 0.6 is 0 Å². The molecular weight excluding hydrogens is 342 g/mol. The van der Waals surface area contributed by atoms with Crippen LogP contribution in [0.25, 0.3) is 0 Å². The van der Waals surface area contributed by atoms with Gasteiger partial charge in [-0.05, 0) is 64.0 Å². The highest BCUT2D eigenvalue weighted by Crippen LogP contribution is 2.31. The molecular formula is C25H51N3. The molecule has 0 radical (unpaired) electrons. The summed E-state index contributed by atoms with van der Waals surface area (Å²) in [5, 5.41) is 0. The van der Waals surface area contributed by atoms with E-state index in [1.54, 1.807) is 0 Å². The van der Waals surface area contributed by atoms with Gasteiger partial charge in [0.25, 0.3) is 0 Å². The maximum absolute atomic E-state index is 6.05. The van der Waals surface area contributed by atoms with Gasteiger partial charge in [0.1, 0.15) is 0 Å². The summed E-state index contributed by atoms with van der Waals surface area (Å²) in [5.41, 5.74) is 6.65. The summed E-state index contributed by atoms with van der Waals surface area (Å²) >= 11 is 0. The molecule has 0 bridgehead atoms. The predicted molar refractivity (Wildman–Crippen MR) is 130 cm³/mol. The topological polar surface area (TPSA) is 41.6 Å². The van der Waals surface area contributed by atoms with Crippen LogP contribution in [0.15, 0.2) is 29.8 Å². The molecule has 1 heterocycles. The monoisotopic (exact) mass is 393 g/mol. The van der Waals surface area contributed by atoms with E-state index in [0.29, 0.717) is 5.41 Å². The van der Waals surface area contributed by atoms with Gasteiger partial charge in [0.2, 0.25) is 0 Å². The van der Waals surface area contributed by atoms with Gasteiger partial charge < -0.3 is 10.6 Å². The molecule has 0 amide bonds. The second-order valence-corrected chi connectivity index (χ2v) is 9.48. The van der Waals surface area contributed by atoms with Crippen molar-refractivity contribution in [3.8, 4) is 0 Å². The van der Waals surface area contributed by atoms with Crippen molar-refractivity contribution in [2.75, 3.05) is 26.7 Å². The highest BCUT2D eigenvalue weighted by Gasteiger charge is 2.29. The average molecular weight is 394 g/mol. The first-order valence-corrected chi connectivity index (χ1v) is 11.3. The first kappa shape index (κ1) is 29.1. The molecule has 3 nitrogen and oxygen atoms in total. The van der Waals surface area contributed by atoms with Crippen molar-refractivity contribution in [2.24, 2.45) is 21.6 Å². The molecule has 0 saturated heterocycles. The van der Waals surface area contributed by atoms with E-state index in [1.807, 2.05) is 19.9 Å². The van der Waals surface area contributed by atoms with Crippen LogP contribution in [0.5, 0.6) is 0 Å². The predicted octanol–water partition coefficient (Wildman–Crippen LogP) is 6.85. The van der Waals surface area contributed by atoms with Gasteiger partial charge in [0, 0.05) is 18.5 Å². The molecule has 1 unspecified atom stereocenters. The standard InChI is InChI=1S/C18H33N3.C5H12.C2H6/c1-4-5-15-21(3)16-10-8-6-7-9-12-18(2)13-11-14-20-17(18)19;1-5(2,3)4;1-2/h4,7,9H,1,5-6,8,10-16H2,2-3H3,(H2,19,20);1-4H3;1-2H3/b9-7+;;. The van der Waals surface area contributed by atoms with Crippen molar-refractivity contribution in [2.45, 2.75) is 93.4 Å². The summed E-state index contributed by atoms with van der Waals surface area (Å²) in [6, 6.07) is 0. The Labute approximate surface area is 177 Å². The van der Waals surface area contributed by atoms with E-state index in [-0.39, 0.29) is 5.41 Å². The number of rotatable bonds is 10. The fourth-order valence-electron chi connectivity index (χ4n) is 2.72. The number of hydrogen-bond acceptors (Lipinski definition) is 3. The Bertz CT molecular complexity index is 426. The molecule has 0 aromatic carbocycles. The summed E-state index contributed by atoms with van der Waals surface area (Å²) in [5.74, 6) is 0.849. The fraction of sp³-hybridized carbons (Fsp3) is 0.800. The number of amidine groups is 1.